The van der Waals surface area contributed by atoms with Gasteiger partial charge in [-0.15, -0.1) is 0 Å². The first-order valence-corrected chi connectivity index (χ1v) is 18.1. The van der Waals surface area contributed by atoms with Gasteiger partial charge in [-0.1, -0.05) is 40.5 Å². The summed E-state index contributed by atoms with van der Waals surface area (Å²) in [6.45, 7) is 15.9. The number of hydrogen-bond acceptors (Lipinski definition) is 11. The van der Waals surface area contributed by atoms with Gasteiger partial charge >= 0.3 is 5.97 Å². The van der Waals surface area contributed by atoms with Crippen LogP contribution in [0.1, 0.15) is 99.3 Å². The number of amides is 4. The Morgan fingerprint density at radius 2 is 0.980 bits per heavy atom. The number of unbranched alkanes of at least 4 members (excludes halogenated alkanes) is 2. The van der Waals surface area contributed by atoms with Crippen LogP contribution in [0.4, 0.5) is 0 Å². The molecule has 0 aromatic heterocycles. The zero-order valence-electron chi connectivity index (χ0n) is 31.6. The molecule has 0 aromatic rings. The molecule has 0 unspecified atom stereocenters. The summed E-state index contributed by atoms with van der Waals surface area (Å²) in [4.78, 5) is 65.4. The highest BCUT2D eigenvalue weighted by molar-refractivity contribution is 5.78. The van der Waals surface area contributed by atoms with Crippen LogP contribution in [0, 0.1) is 10.8 Å². The van der Waals surface area contributed by atoms with Gasteiger partial charge < -0.3 is 45.1 Å². The van der Waals surface area contributed by atoms with Crippen LogP contribution in [0.5, 0.6) is 0 Å². The summed E-state index contributed by atoms with van der Waals surface area (Å²) in [7, 11) is 0. The van der Waals surface area contributed by atoms with Crippen LogP contribution in [0.2, 0.25) is 0 Å². The van der Waals surface area contributed by atoms with E-state index in [0.29, 0.717) is 84.8 Å². The van der Waals surface area contributed by atoms with Crippen molar-refractivity contribution in [3.05, 3.63) is 0 Å². The molecule has 50 heavy (non-hydrogen) atoms. The molecule has 0 aliphatic rings. The summed E-state index contributed by atoms with van der Waals surface area (Å²) in [5.41, 5.74) is 1.81. The topological polar surface area (TPSA) is 192 Å². The zero-order valence-corrected chi connectivity index (χ0v) is 31.6. The lowest BCUT2D eigenvalue weighted by Gasteiger charge is -2.33. The molecular weight excluding hydrogens is 650 g/mol. The van der Waals surface area contributed by atoms with Gasteiger partial charge in [0.15, 0.2) is 0 Å². The number of hydroxylamine groups is 1. The highest BCUT2D eigenvalue weighted by Crippen LogP contribution is 2.37. The number of rotatable bonds is 33. The molecule has 0 saturated carbocycles. The van der Waals surface area contributed by atoms with Gasteiger partial charge in [0.05, 0.1) is 45.1 Å². The van der Waals surface area contributed by atoms with Crippen molar-refractivity contribution in [1.82, 2.24) is 26.7 Å². The lowest BCUT2D eigenvalue weighted by atomic mass is 9.73. The Bertz CT molecular complexity index is 949. The van der Waals surface area contributed by atoms with Crippen LogP contribution >= 0.6 is 0 Å². The van der Waals surface area contributed by atoms with E-state index in [1.165, 1.54) is 0 Å². The second-order valence-electron chi connectivity index (χ2n) is 13.5. The molecule has 0 heterocycles. The largest absolute Gasteiger partial charge is 0.377 e. The van der Waals surface area contributed by atoms with E-state index in [9.17, 15) is 24.0 Å². The Morgan fingerprint density at radius 1 is 0.520 bits per heavy atom. The van der Waals surface area contributed by atoms with Gasteiger partial charge in [-0.3, -0.25) is 19.2 Å². The summed E-state index contributed by atoms with van der Waals surface area (Å²) >= 11 is 0. The fraction of sp³-hybridized carbons (Fsp3) is 0.857. The number of carbonyl (C=O) groups is 5. The van der Waals surface area contributed by atoms with Crippen molar-refractivity contribution in [3.63, 3.8) is 0 Å². The molecule has 0 atom stereocenters. The summed E-state index contributed by atoms with van der Waals surface area (Å²) in [5, 5.41) is 11.1. The smallest absolute Gasteiger partial charge is 0.330 e. The number of nitrogens with one attached hydrogen (secondary N) is 5. The Morgan fingerprint density at radius 3 is 1.56 bits per heavy atom. The molecule has 0 aromatic carbocycles. The minimum absolute atomic E-state index is 0.00350. The van der Waals surface area contributed by atoms with Gasteiger partial charge in [0.1, 0.15) is 13.2 Å². The van der Waals surface area contributed by atoms with E-state index in [-0.39, 0.29) is 67.9 Å². The van der Waals surface area contributed by atoms with Gasteiger partial charge in [-0.25, -0.2) is 4.79 Å². The van der Waals surface area contributed by atoms with Gasteiger partial charge in [-0.2, -0.15) is 5.48 Å². The fourth-order valence-corrected chi connectivity index (χ4v) is 4.77. The van der Waals surface area contributed by atoms with Crippen LogP contribution in [-0.4, -0.2) is 115 Å². The average Bonchev–Trinajstić information content (AvgIpc) is 3.06. The molecule has 15 heteroatoms. The fourth-order valence-electron chi connectivity index (χ4n) is 4.77. The molecule has 5 N–H and O–H groups in total. The molecule has 15 nitrogen and oxygen atoms in total. The van der Waals surface area contributed by atoms with Crippen molar-refractivity contribution in [2.24, 2.45) is 10.8 Å². The molecular formula is C35H67N5O10. The van der Waals surface area contributed by atoms with Crippen molar-refractivity contribution in [2.45, 2.75) is 99.3 Å². The Kier molecular flexibility index (Phi) is 28.1. The van der Waals surface area contributed by atoms with E-state index in [4.69, 9.17) is 23.8 Å². The van der Waals surface area contributed by atoms with Crippen LogP contribution in [-0.2, 0) is 47.8 Å². The van der Waals surface area contributed by atoms with E-state index in [2.05, 4.69) is 40.6 Å². The van der Waals surface area contributed by atoms with E-state index < -0.39 is 5.41 Å². The summed E-state index contributed by atoms with van der Waals surface area (Å²) in [6, 6.07) is 0. The first kappa shape index (κ1) is 47.1. The lowest BCUT2D eigenvalue weighted by molar-refractivity contribution is -0.163. The minimum atomic E-state index is -0.686. The van der Waals surface area contributed by atoms with E-state index in [1.807, 2.05) is 27.7 Å². The predicted molar refractivity (Wildman–Crippen MR) is 190 cm³/mol. The first-order chi connectivity index (χ1) is 23.8. The first-order valence-electron chi connectivity index (χ1n) is 18.1. The Hall–Kier alpha value is -2.85. The third kappa shape index (κ3) is 28.9. The third-order valence-electron chi connectivity index (χ3n) is 7.40. The van der Waals surface area contributed by atoms with Crippen LogP contribution in [0.15, 0.2) is 0 Å². The molecule has 0 aliphatic heterocycles. The molecule has 0 saturated heterocycles. The third-order valence-corrected chi connectivity index (χ3v) is 7.40. The summed E-state index contributed by atoms with van der Waals surface area (Å²) < 4.78 is 21.3. The molecule has 4 amide bonds. The highest BCUT2D eigenvalue weighted by Gasteiger charge is 2.36. The van der Waals surface area contributed by atoms with Crippen LogP contribution in [0.3, 0.4) is 0 Å². The van der Waals surface area contributed by atoms with Crippen LogP contribution in [0.25, 0.3) is 0 Å². The maximum absolute atomic E-state index is 12.5. The minimum Gasteiger partial charge on any atom is -0.377 e. The highest BCUT2D eigenvalue weighted by atomic mass is 16.7. The lowest BCUT2D eigenvalue weighted by Crippen LogP contribution is -2.36. The van der Waals surface area contributed by atoms with Crippen molar-refractivity contribution in [1.29, 1.82) is 0 Å². The molecule has 0 fully saturated rings. The summed E-state index contributed by atoms with van der Waals surface area (Å²) in [5.74, 6) is -0.924. The van der Waals surface area contributed by atoms with Gasteiger partial charge in [-0.05, 0) is 51.4 Å². The molecule has 0 spiro atoms. The standard InChI is InChI=1S/C35H67N5O10/c1-7-9-15-37-31(43)26-48-24-23-47-21-19-39-32(44)27-49-25-22-46-20-18-38-29(41)12-11-16-36-30(42)13-14-34(3,4)28-35(5,6)33(45)50-40-17-10-8-2/h40H,7-28H2,1-6H3,(H,36,42)(H,37,43)(H,38,41)(H,39,44). The molecule has 0 aliphatic carbocycles. The Balaban J connectivity index is 3.71. The monoisotopic (exact) mass is 717 g/mol. The van der Waals surface area contributed by atoms with Crippen molar-refractivity contribution >= 4 is 29.6 Å². The second kappa shape index (κ2) is 29.8. The maximum atomic E-state index is 12.5. The van der Waals surface area contributed by atoms with E-state index in [1.54, 1.807) is 0 Å². The molecule has 292 valence electrons. The zero-order chi connectivity index (χ0) is 37.5. The van der Waals surface area contributed by atoms with Crippen molar-refractivity contribution < 1.29 is 47.8 Å². The van der Waals surface area contributed by atoms with Crippen molar-refractivity contribution in [3.8, 4) is 0 Å². The van der Waals surface area contributed by atoms with E-state index in [0.717, 1.165) is 25.7 Å². The quantitative estimate of drug-likeness (QED) is 0.0494. The van der Waals surface area contributed by atoms with Gasteiger partial charge in [0, 0.05) is 45.6 Å². The average molecular weight is 718 g/mol. The molecule has 0 bridgehead atoms. The van der Waals surface area contributed by atoms with Crippen molar-refractivity contribution in [2.75, 3.05) is 85.6 Å². The summed E-state index contributed by atoms with van der Waals surface area (Å²) in [6.07, 6.45) is 6.23. The number of hydrogen-bond donors (Lipinski definition) is 5. The van der Waals surface area contributed by atoms with E-state index >= 15 is 0 Å². The Labute approximate surface area is 299 Å². The van der Waals surface area contributed by atoms with Gasteiger partial charge in [0.25, 0.3) is 0 Å². The SMILES string of the molecule is CCCCNOC(=O)C(C)(C)CC(C)(C)CCC(=O)NCCCC(=O)NCCOCCOCC(=O)NCCOCCOCC(=O)NCCCC. The number of ether oxygens (including phenoxy) is 4. The number of carbonyl (C=O) groups excluding carboxylic acids is 5. The van der Waals surface area contributed by atoms with Gasteiger partial charge in [0.2, 0.25) is 23.6 Å². The molecule has 0 radical (unpaired) electrons. The second-order valence-corrected chi connectivity index (χ2v) is 13.5. The van der Waals surface area contributed by atoms with Crippen LogP contribution < -0.4 is 26.7 Å². The maximum Gasteiger partial charge on any atom is 0.330 e. The normalized spacial score (nSPS) is 11.6. The predicted octanol–water partition coefficient (Wildman–Crippen LogP) is 2.17. The molecule has 0 rings (SSSR count).